The van der Waals surface area contributed by atoms with Crippen LogP contribution < -0.4 is 5.32 Å². The van der Waals surface area contributed by atoms with Gasteiger partial charge in [-0.25, -0.2) is 0 Å². The lowest BCUT2D eigenvalue weighted by Gasteiger charge is -2.36. The van der Waals surface area contributed by atoms with Gasteiger partial charge in [-0.1, -0.05) is 44.0 Å². The second kappa shape index (κ2) is 6.76. The van der Waals surface area contributed by atoms with Crippen molar-refractivity contribution in [2.24, 2.45) is 17.8 Å². The Balaban J connectivity index is 2.00. The number of rotatable bonds is 4. The van der Waals surface area contributed by atoms with E-state index < -0.39 is 0 Å². The molecule has 1 N–H and O–H groups in total. The molecule has 106 valence electrons. The average Bonchev–Trinajstić information content (AvgIpc) is 2.39. The van der Waals surface area contributed by atoms with Crippen LogP contribution in [0.2, 0.25) is 5.02 Å². The number of halogens is 1. The zero-order valence-corrected chi connectivity index (χ0v) is 13.1. The molecule has 0 spiro atoms. The van der Waals surface area contributed by atoms with Gasteiger partial charge in [0.05, 0.1) is 0 Å². The van der Waals surface area contributed by atoms with Gasteiger partial charge in [-0.15, -0.1) is 0 Å². The van der Waals surface area contributed by atoms with Gasteiger partial charge in [0.2, 0.25) is 0 Å². The number of likely N-dealkylation sites (N-methyl/N-ethyl adjacent to an activating group) is 1. The quantitative estimate of drug-likeness (QED) is 0.853. The predicted octanol–water partition coefficient (Wildman–Crippen LogP) is 4.54. The zero-order valence-electron chi connectivity index (χ0n) is 12.3. The summed E-state index contributed by atoms with van der Waals surface area (Å²) in [5.41, 5.74) is 1.35. The first-order chi connectivity index (χ1) is 9.10. The first-order valence-electron chi connectivity index (χ1n) is 7.52. The number of hydrogen-bond acceptors (Lipinski definition) is 1. The lowest BCUT2D eigenvalue weighted by molar-refractivity contribution is 0.173. The highest BCUT2D eigenvalue weighted by molar-refractivity contribution is 6.30. The second-order valence-corrected chi connectivity index (χ2v) is 6.69. The second-order valence-electron chi connectivity index (χ2n) is 6.26. The summed E-state index contributed by atoms with van der Waals surface area (Å²) in [6, 6.07) is 8.86. The molecule has 1 aromatic carbocycles. The highest BCUT2D eigenvalue weighted by Gasteiger charge is 2.29. The van der Waals surface area contributed by atoms with Gasteiger partial charge >= 0.3 is 0 Å². The molecule has 0 aliphatic heterocycles. The normalized spacial score (nSPS) is 29.2. The standard InChI is InChI=1S/C17H26ClN/c1-12-7-8-15(9-13(12)2)17(19-3)11-14-5-4-6-16(18)10-14/h4-6,10,12-13,15,17,19H,7-9,11H2,1-3H3. The molecule has 0 heterocycles. The fourth-order valence-electron chi connectivity index (χ4n) is 3.38. The molecule has 1 aliphatic carbocycles. The van der Waals surface area contributed by atoms with Gasteiger partial charge in [0.15, 0.2) is 0 Å². The van der Waals surface area contributed by atoms with E-state index in [9.17, 15) is 0 Å². The van der Waals surface area contributed by atoms with E-state index in [4.69, 9.17) is 11.6 Å². The molecule has 4 unspecified atom stereocenters. The molecule has 1 aromatic rings. The molecule has 0 aromatic heterocycles. The molecule has 4 atom stereocenters. The Hall–Kier alpha value is -0.530. The Labute approximate surface area is 122 Å². The molecule has 0 amide bonds. The Morgan fingerprint density at radius 1 is 1.26 bits per heavy atom. The Morgan fingerprint density at radius 3 is 2.68 bits per heavy atom. The third-order valence-corrected chi connectivity index (χ3v) is 5.16. The van der Waals surface area contributed by atoms with Crippen molar-refractivity contribution in [1.82, 2.24) is 5.32 Å². The van der Waals surface area contributed by atoms with Crippen molar-refractivity contribution >= 4 is 11.6 Å². The number of benzene rings is 1. The minimum absolute atomic E-state index is 0.577. The molecule has 0 saturated heterocycles. The average molecular weight is 280 g/mol. The summed E-state index contributed by atoms with van der Waals surface area (Å²) < 4.78 is 0. The molecule has 0 bridgehead atoms. The van der Waals surface area contributed by atoms with Crippen LogP contribution >= 0.6 is 11.6 Å². The van der Waals surface area contributed by atoms with Gasteiger partial charge in [-0.2, -0.15) is 0 Å². The highest BCUT2D eigenvalue weighted by Crippen LogP contribution is 2.35. The van der Waals surface area contributed by atoms with Gasteiger partial charge in [0.25, 0.3) is 0 Å². The number of hydrogen-bond donors (Lipinski definition) is 1. The molecule has 0 radical (unpaired) electrons. The summed E-state index contributed by atoms with van der Waals surface area (Å²) in [5.74, 6) is 2.55. The molecule has 2 heteroatoms. The van der Waals surface area contributed by atoms with Gasteiger partial charge in [-0.05, 0) is 61.8 Å². The summed E-state index contributed by atoms with van der Waals surface area (Å²) in [5, 5.41) is 4.38. The van der Waals surface area contributed by atoms with Gasteiger partial charge in [0, 0.05) is 11.1 Å². The van der Waals surface area contributed by atoms with E-state index in [1.165, 1.54) is 24.8 Å². The van der Waals surface area contributed by atoms with Crippen molar-refractivity contribution in [3.8, 4) is 0 Å². The topological polar surface area (TPSA) is 12.0 Å². The minimum Gasteiger partial charge on any atom is -0.316 e. The van der Waals surface area contributed by atoms with Crippen LogP contribution in [0.25, 0.3) is 0 Å². The van der Waals surface area contributed by atoms with Crippen LogP contribution in [-0.2, 0) is 6.42 Å². The van der Waals surface area contributed by atoms with E-state index in [-0.39, 0.29) is 0 Å². The largest absolute Gasteiger partial charge is 0.316 e. The van der Waals surface area contributed by atoms with Gasteiger partial charge < -0.3 is 5.32 Å². The molecule has 1 aliphatic rings. The third kappa shape index (κ3) is 3.97. The van der Waals surface area contributed by atoms with E-state index in [0.717, 1.165) is 29.2 Å². The lowest BCUT2D eigenvalue weighted by atomic mass is 9.72. The summed E-state index contributed by atoms with van der Waals surface area (Å²) in [6.07, 6.45) is 5.17. The Morgan fingerprint density at radius 2 is 2.05 bits per heavy atom. The summed E-state index contributed by atoms with van der Waals surface area (Å²) in [7, 11) is 2.10. The van der Waals surface area contributed by atoms with E-state index >= 15 is 0 Å². The molecule has 1 fully saturated rings. The maximum absolute atomic E-state index is 6.08. The first-order valence-corrected chi connectivity index (χ1v) is 7.89. The molecule has 2 rings (SSSR count). The fourth-order valence-corrected chi connectivity index (χ4v) is 3.59. The monoisotopic (exact) mass is 279 g/mol. The maximum Gasteiger partial charge on any atom is 0.0408 e. The Bertz CT molecular complexity index is 404. The van der Waals surface area contributed by atoms with Crippen molar-refractivity contribution in [2.45, 2.75) is 45.6 Å². The van der Waals surface area contributed by atoms with Crippen molar-refractivity contribution in [2.75, 3.05) is 7.05 Å². The maximum atomic E-state index is 6.08. The van der Waals surface area contributed by atoms with Crippen LogP contribution in [0.15, 0.2) is 24.3 Å². The summed E-state index contributed by atoms with van der Waals surface area (Å²) in [4.78, 5) is 0. The van der Waals surface area contributed by atoms with Crippen LogP contribution in [0.1, 0.15) is 38.7 Å². The molecular formula is C17H26ClN. The fraction of sp³-hybridized carbons (Fsp3) is 0.647. The van der Waals surface area contributed by atoms with Crippen molar-refractivity contribution < 1.29 is 0 Å². The third-order valence-electron chi connectivity index (χ3n) is 4.92. The predicted molar refractivity (Wildman–Crippen MR) is 83.7 cm³/mol. The SMILES string of the molecule is CNC(Cc1cccc(Cl)c1)C1CCC(C)C(C)C1. The van der Waals surface area contributed by atoms with Crippen LogP contribution in [0.5, 0.6) is 0 Å². The van der Waals surface area contributed by atoms with Crippen LogP contribution in [0.4, 0.5) is 0 Å². The number of nitrogens with one attached hydrogen (secondary N) is 1. The minimum atomic E-state index is 0.577. The van der Waals surface area contributed by atoms with Crippen LogP contribution in [0.3, 0.4) is 0 Å². The van der Waals surface area contributed by atoms with Crippen molar-refractivity contribution in [1.29, 1.82) is 0 Å². The highest BCUT2D eigenvalue weighted by atomic mass is 35.5. The van der Waals surface area contributed by atoms with E-state index in [1.807, 2.05) is 6.07 Å². The molecule has 1 nitrogen and oxygen atoms in total. The van der Waals surface area contributed by atoms with Crippen LogP contribution in [0, 0.1) is 17.8 Å². The Kier molecular flexibility index (Phi) is 5.29. The summed E-state index contributed by atoms with van der Waals surface area (Å²) >= 11 is 6.08. The van der Waals surface area contributed by atoms with Crippen LogP contribution in [-0.4, -0.2) is 13.1 Å². The van der Waals surface area contributed by atoms with E-state index in [1.54, 1.807) is 0 Å². The molecular weight excluding hydrogens is 254 g/mol. The molecule has 1 saturated carbocycles. The zero-order chi connectivity index (χ0) is 13.8. The van der Waals surface area contributed by atoms with Crippen molar-refractivity contribution in [3.63, 3.8) is 0 Å². The molecule has 19 heavy (non-hydrogen) atoms. The first kappa shape index (κ1) is 14.9. The van der Waals surface area contributed by atoms with E-state index in [2.05, 4.69) is 44.4 Å². The van der Waals surface area contributed by atoms with Gasteiger partial charge in [0.1, 0.15) is 0 Å². The van der Waals surface area contributed by atoms with E-state index in [0.29, 0.717) is 6.04 Å². The lowest BCUT2D eigenvalue weighted by Crippen LogP contribution is -2.39. The summed E-state index contributed by atoms with van der Waals surface area (Å²) in [6.45, 7) is 4.80. The van der Waals surface area contributed by atoms with Crippen molar-refractivity contribution in [3.05, 3.63) is 34.9 Å². The smallest absolute Gasteiger partial charge is 0.0408 e. The van der Waals surface area contributed by atoms with Gasteiger partial charge in [-0.3, -0.25) is 0 Å².